The second kappa shape index (κ2) is 3.84. The molecule has 0 spiro atoms. The van der Waals surface area contributed by atoms with Crippen LogP contribution in [0.2, 0.25) is 0 Å². The molecule has 0 saturated heterocycles. The highest BCUT2D eigenvalue weighted by Crippen LogP contribution is 2.20. The lowest BCUT2D eigenvalue weighted by Crippen LogP contribution is -2.06. The molecule has 0 aliphatic heterocycles. The molecular formula is C9H9F2N5. The van der Waals surface area contributed by atoms with Gasteiger partial charge in [0.05, 0.1) is 5.69 Å². The molecule has 16 heavy (non-hydrogen) atoms. The Kier molecular flexibility index (Phi) is 2.51. The first-order valence-electron chi connectivity index (χ1n) is 4.65. The summed E-state index contributed by atoms with van der Waals surface area (Å²) in [7, 11) is 0. The van der Waals surface area contributed by atoms with Crippen molar-refractivity contribution in [2.24, 2.45) is 0 Å². The summed E-state index contributed by atoms with van der Waals surface area (Å²) in [5.41, 5.74) is 5.26. The van der Waals surface area contributed by atoms with Crippen LogP contribution in [-0.4, -0.2) is 20.2 Å². The van der Waals surface area contributed by atoms with Crippen molar-refractivity contribution in [3.8, 4) is 5.69 Å². The second-order valence-electron chi connectivity index (χ2n) is 3.19. The van der Waals surface area contributed by atoms with Crippen molar-refractivity contribution in [3.63, 3.8) is 0 Å². The zero-order chi connectivity index (χ0) is 11.7. The molecule has 0 aliphatic carbocycles. The lowest BCUT2D eigenvalue weighted by atomic mass is 10.2. The van der Waals surface area contributed by atoms with Gasteiger partial charge in [0.15, 0.2) is 11.6 Å². The summed E-state index contributed by atoms with van der Waals surface area (Å²) in [6.07, 6.45) is 0.531. The molecule has 5 nitrogen and oxygen atoms in total. The smallest absolute Gasteiger partial charge is 0.156 e. The first kappa shape index (κ1) is 10.5. The minimum atomic E-state index is -0.799. The summed E-state index contributed by atoms with van der Waals surface area (Å²) >= 11 is 0. The predicted octanol–water partition coefficient (Wildman–Crippen LogP) is 1.09. The van der Waals surface area contributed by atoms with E-state index in [1.54, 1.807) is 0 Å². The molecule has 84 valence electrons. The molecule has 1 aromatic heterocycles. The highest BCUT2D eigenvalue weighted by atomic mass is 19.1. The first-order chi connectivity index (χ1) is 7.63. The molecule has 1 heterocycles. The van der Waals surface area contributed by atoms with Crippen LogP contribution < -0.4 is 5.73 Å². The average molecular weight is 225 g/mol. The van der Waals surface area contributed by atoms with Crippen LogP contribution in [0, 0.1) is 11.6 Å². The molecule has 0 aliphatic rings. The van der Waals surface area contributed by atoms with Crippen molar-refractivity contribution in [3.05, 3.63) is 29.6 Å². The molecule has 7 heteroatoms. The van der Waals surface area contributed by atoms with Gasteiger partial charge in [-0.05, 0) is 16.5 Å². The minimum Gasteiger partial charge on any atom is -0.396 e. The van der Waals surface area contributed by atoms with Gasteiger partial charge in [0.1, 0.15) is 11.5 Å². The Morgan fingerprint density at radius 1 is 1.31 bits per heavy atom. The summed E-state index contributed by atoms with van der Waals surface area (Å²) < 4.78 is 27.7. The van der Waals surface area contributed by atoms with Crippen LogP contribution in [-0.2, 0) is 6.42 Å². The summed E-state index contributed by atoms with van der Waals surface area (Å²) in [4.78, 5) is 0. The van der Waals surface area contributed by atoms with Crippen molar-refractivity contribution >= 4 is 5.69 Å². The molecule has 2 aromatic rings. The second-order valence-corrected chi connectivity index (χ2v) is 3.19. The molecule has 0 radical (unpaired) electrons. The number of nitrogens with zero attached hydrogens (tertiary/aromatic N) is 4. The molecule has 0 saturated carbocycles. The number of nitrogens with two attached hydrogens (primary N) is 1. The van der Waals surface area contributed by atoms with Gasteiger partial charge < -0.3 is 5.73 Å². The zero-order valence-electron chi connectivity index (χ0n) is 8.48. The number of aryl methyl sites for hydroxylation is 1. The van der Waals surface area contributed by atoms with E-state index in [-0.39, 0.29) is 11.4 Å². The average Bonchev–Trinajstić information content (AvgIpc) is 2.71. The van der Waals surface area contributed by atoms with Crippen molar-refractivity contribution in [1.29, 1.82) is 0 Å². The molecule has 0 amide bonds. The van der Waals surface area contributed by atoms with Gasteiger partial charge in [0.25, 0.3) is 0 Å². The summed E-state index contributed by atoms with van der Waals surface area (Å²) in [6.45, 7) is 1.83. The van der Waals surface area contributed by atoms with Crippen molar-refractivity contribution in [2.45, 2.75) is 13.3 Å². The summed E-state index contributed by atoms with van der Waals surface area (Å²) in [5.74, 6) is -1.08. The lowest BCUT2D eigenvalue weighted by Gasteiger charge is -2.06. The number of hydrogen-bond acceptors (Lipinski definition) is 4. The quantitative estimate of drug-likeness (QED) is 0.776. The third-order valence-corrected chi connectivity index (χ3v) is 2.14. The third-order valence-electron chi connectivity index (χ3n) is 2.14. The van der Waals surface area contributed by atoms with Crippen LogP contribution in [0.5, 0.6) is 0 Å². The highest BCUT2D eigenvalue weighted by Gasteiger charge is 2.13. The molecule has 2 N–H and O–H groups in total. The Hall–Kier alpha value is -2.05. The van der Waals surface area contributed by atoms with Gasteiger partial charge in [-0.1, -0.05) is 6.92 Å². The van der Waals surface area contributed by atoms with E-state index in [2.05, 4.69) is 15.5 Å². The van der Waals surface area contributed by atoms with E-state index in [0.717, 1.165) is 0 Å². The minimum absolute atomic E-state index is 0.0424. The maximum absolute atomic E-state index is 13.5. The number of rotatable bonds is 2. The van der Waals surface area contributed by atoms with Crippen LogP contribution >= 0.6 is 0 Å². The molecule has 0 unspecified atom stereocenters. The largest absolute Gasteiger partial charge is 0.396 e. The van der Waals surface area contributed by atoms with Gasteiger partial charge in [0, 0.05) is 12.5 Å². The Labute approximate surface area is 89.9 Å². The number of halogens is 2. The highest BCUT2D eigenvalue weighted by molar-refractivity contribution is 5.49. The normalized spacial score (nSPS) is 10.7. The first-order valence-corrected chi connectivity index (χ1v) is 4.65. The molecule has 0 fully saturated rings. The van der Waals surface area contributed by atoms with Gasteiger partial charge in [-0.2, -0.15) is 4.68 Å². The van der Waals surface area contributed by atoms with Crippen molar-refractivity contribution < 1.29 is 8.78 Å². The molecule has 2 rings (SSSR count). The van der Waals surface area contributed by atoms with Crippen LogP contribution in [0.15, 0.2) is 12.1 Å². The number of nitrogen functional groups attached to an aromatic ring is 1. The van der Waals surface area contributed by atoms with E-state index in [0.29, 0.717) is 18.3 Å². The Morgan fingerprint density at radius 3 is 2.75 bits per heavy atom. The molecule has 0 atom stereocenters. The van der Waals surface area contributed by atoms with Crippen LogP contribution in [0.4, 0.5) is 14.5 Å². The van der Waals surface area contributed by atoms with Crippen LogP contribution in [0.25, 0.3) is 5.69 Å². The van der Waals surface area contributed by atoms with Gasteiger partial charge >= 0.3 is 0 Å². The maximum Gasteiger partial charge on any atom is 0.156 e. The number of anilines is 1. The van der Waals surface area contributed by atoms with Crippen molar-refractivity contribution in [1.82, 2.24) is 20.2 Å². The fraction of sp³-hybridized carbons (Fsp3) is 0.222. The van der Waals surface area contributed by atoms with Gasteiger partial charge in [-0.25, -0.2) is 8.78 Å². The summed E-state index contributed by atoms with van der Waals surface area (Å²) in [5, 5.41) is 10.8. The SMILES string of the molecule is CCc1nnnn1-c1cc(N)c(F)cc1F. The monoisotopic (exact) mass is 225 g/mol. The van der Waals surface area contributed by atoms with Crippen LogP contribution in [0.1, 0.15) is 12.7 Å². The number of benzene rings is 1. The van der Waals surface area contributed by atoms with E-state index >= 15 is 0 Å². The van der Waals surface area contributed by atoms with Gasteiger partial charge in [-0.3, -0.25) is 0 Å². The predicted molar refractivity (Wildman–Crippen MR) is 52.9 cm³/mol. The van der Waals surface area contributed by atoms with E-state index < -0.39 is 11.6 Å². The van der Waals surface area contributed by atoms with Gasteiger partial charge in [-0.15, -0.1) is 5.10 Å². The zero-order valence-corrected chi connectivity index (χ0v) is 8.48. The Morgan fingerprint density at radius 2 is 2.06 bits per heavy atom. The molecule has 0 bridgehead atoms. The number of aromatic nitrogens is 4. The van der Waals surface area contributed by atoms with E-state index in [1.165, 1.54) is 10.7 Å². The molecule has 1 aromatic carbocycles. The third kappa shape index (κ3) is 1.60. The summed E-state index contributed by atoms with van der Waals surface area (Å²) in [6, 6.07) is 1.88. The number of tetrazole rings is 1. The van der Waals surface area contributed by atoms with E-state index in [9.17, 15) is 8.78 Å². The maximum atomic E-state index is 13.5. The molecular weight excluding hydrogens is 216 g/mol. The van der Waals surface area contributed by atoms with E-state index in [1.807, 2.05) is 6.92 Å². The van der Waals surface area contributed by atoms with Crippen LogP contribution in [0.3, 0.4) is 0 Å². The Bertz CT molecular complexity index is 523. The lowest BCUT2D eigenvalue weighted by molar-refractivity contribution is 0.572. The fourth-order valence-electron chi connectivity index (χ4n) is 1.33. The topological polar surface area (TPSA) is 69.6 Å². The standard InChI is InChI=1S/C9H9F2N5/c1-2-9-13-14-15-16(9)8-4-7(12)5(10)3-6(8)11/h3-4H,2,12H2,1H3. The fourth-order valence-corrected chi connectivity index (χ4v) is 1.33. The Balaban J connectivity index is 2.60. The van der Waals surface area contributed by atoms with E-state index in [4.69, 9.17) is 5.73 Å². The van der Waals surface area contributed by atoms with Gasteiger partial charge in [0.2, 0.25) is 0 Å². The number of hydrogen-bond donors (Lipinski definition) is 1. The van der Waals surface area contributed by atoms with Crippen molar-refractivity contribution in [2.75, 3.05) is 5.73 Å².